The number of anilines is 1. The third-order valence-electron chi connectivity index (χ3n) is 8.47. The summed E-state index contributed by atoms with van der Waals surface area (Å²) in [5, 5.41) is 6.60. The zero-order valence-corrected chi connectivity index (χ0v) is 24.5. The van der Waals surface area contributed by atoms with Gasteiger partial charge in [0.05, 0.1) is 15.6 Å². The highest BCUT2D eigenvalue weighted by molar-refractivity contribution is 7.21. The molecule has 43 heavy (non-hydrogen) atoms. The molecule has 0 radical (unpaired) electrons. The molecule has 2 amide bonds. The second-order valence-corrected chi connectivity index (χ2v) is 12.1. The van der Waals surface area contributed by atoms with Crippen molar-refractivity contribution in [2.75, 3.05) is 5.73 Å². The summed E-state index contributed by atoms with van der Waals surface area (Å²) in [5.74, 6) is 0.222. The maximum absolute atomic E-state index is 14.2. The maximum Gasteiger partial charge on any atom is 0.262 e. The summed E-state index contributed by atoms with van der Waals surface area (Å²) in [4.78, 5) is 40.2. The first-order valence-corrected chi connectivity index (χ1v) is 15.0. The Morgan fingerprint density at radius 3 is 2.42 bits per heavy atom. The Balaban J connectivity index is 1.40. The monoisotopic (exact) mass is 595 g/mol. The van der Waals surface area contributed by atoms with E-state index < -0.39 is 17.4 Å². The van der Waals surface area contributed by atoms with Crippen LogP contribution in [0, 0.1) is 6.92 Å². The summed E-state index contributed by atoms with van der Waals surface area (Å²) in [6.07, 6.45) is 3.52. The van der Waals surface area contributed by atoms with Gasteiger partial charge in [0.15, 0.2) is 5.78 Å². The number of benzene rings is 3. The molecule has 4 aromatic rings. The minimum atomic E-state index is -1.58. The fourth-order valence-corrected chi connectivity index (χ4v) is 7.58. The maximum atomic E-state index is 14.2. The smallest absolute Gasteiger partial charge is 0.262 e. The lowest BCUT2D eigenvalue weighted by molar-refractivity contribution is -0.124. The third-order valence-corrected chi connectivity index (χ3v) is 9.72. The molecular weight excluding hydrogens is 562 g/mol. The number of carbonyl (C=O) groups excluding carboxylic acids is 3. The molecule has 1 heterocycles. The summed E-state index contributed by atoms with van der Waals surface area (Å²) in [5.41, 5.74) is 21.4. The molecule has 10 heteroatoms. The summed E-state index contributed by atoms with van der Waals surface area (Å²) in [6, 6.07) is 16.6. The Hall–Kier alpha value is -4.51. The van der Waals surface area contributed by atoms with Crippen LogP contribution in [-0.2, 0) is 15.1 Å². The van der Waals surface area contributed by atoms with E-state index in [0.717, 1.165) is 18.4 Å². The first-order chi connectivity index (χ1) is 20.6. The molecule has 2 aliphatic carbocycles. The molecule has 1 aromatic heterocycles. The van der Waals surface area contributed by atoms with Crippen molar-refractivity contribution < 1.29 is 19.1 Å². The summed E-state index contributed by atoms with van der Waals surface area (Å²) in [7, 11) is 0. The van der Waals surface area contributed by atoms with Crippen molar-refractivity contribution in [3.8, 4) is 11.5 Å². The number of Topliss-reactive ketones (excluding diaryl/α,β-unsaturated/α-hetero) is 1. The average Bonchev–Trinajstić information content (AvgIpc) is 3.61. The molecule has 2 aliphatic rings. The zero-order valence-electron chi connectivity index (χ0n) is 23.7. The van der Waals surface area contributed by atoms with Crippen LogP contribution < -0.4 is 32.6 Å². The highest BCUT2D eigenvalue weighted by Crippen LogP contribution is 2.50. The molecule has 2 unspecified atom stereocenters. The Kier molecular flexibility index (Phi) is 7.29. The highest BCUT2D eigenvalue weighted by atomic mass is 32.1. The fourth-order valence-electron chi connectivity index (χ4n) is 6.38. The largest absolute Gasteiger partial charge is 0.457 e. The number of rotatable bonds is 7. The predicted molar refractivity (Wildman–Crippen MR) is 168 cm³/mol. The lowest BCUT2D eigenvalue weighted by Crippen LogP contribution is -2.53. The van der Waals surface area contributed by atoms with Crippen molar-refractivity contribution in [2.24, 2.45) is 11.5 Å². The SMILES string of the molecule is C=CC(=O)N[C@@H]1CCC[C@@H]1NC(=O)c1sc2c(N)ccc3c2c1C(N)C(=O)C3(N)c1ccc(Oc2ccccc2)cc1C. The number of carbonyl (C=O) groups is 3. The van der Waals surface area contributed by atoms with E-state index in [-0.39, 0.29) is 23.9 Å². The summed E-state index contributed by atoms with van der Waals surface area (Å²) in [6.45, 7) is 5.39. The molecule has 1 fully saturated rings. The van der Waals surface area contributed by atoms with Crippen LogP contribution in [0.5, 0.6) is 11.5 Å². The summed E-state index contributed by atoms with van der Waals surface area (Å²) >= 11 is 1.20. The van der Waals surface area contributed by atoms with Crippen LogP contribution in [0.3, 0.4) is 0 Å². The van der Waals surface area contributed by atoms with Crippen molar-refractivity contribution >= 4 is 44.7 Å². The quantitative estimate of drug-likeness (QED) is 0.157. The van der Waals surface area contributed by atoms with Crippen molar-refractivity contribution in [3.63, 3.8) is 0 Å². The average molecular weight is 596 g/mol. The molecule has 0 saturated heterocycles. The van der Waals surface area contributed by atoms with E-state index in [2.05, 4.69) is 17.2 Å². The number of nitrogen functional groups attached to an aromatic ring is 1. The second kappa shape index (κ2) is 11.0. The van der Waals surface area contributed by atoms with Crippen molar-refractivity contribution in [2.45, 2.75) is 49.9 Å². The number of aryl methyl sites for hydroxylation is 1. The number of ether oxygens (including phenoxy) is 1. The van der Waals surface area contributed by atoms with Gasteiger partial charge in [0.2, 0.25) is 5.91 Å². The fraction of sp³-hybridized carbons (Fsp3) is 0.242. The van der Waals surface area contributed by atoms with E-state index in [1.807, 2.05) is 43.3 Å². The van der Waals surface area contributed by atoms with Crippen LogP contribution in [0.4, 0.5) is 5.69 Å². The number of ketones is 1. The van der Waals surface area contributed by atoms with Crippen molar-refractivity contribution in [1.82, 2.24) is 10.6 Å². The molecule has 0 aliphatic heterocycles. The third kappa shape index (κ3) is 4.77. The van der Waals surface area contributed by atoms with Gasteiger partial charge in [-0.15, -0.1) is 11.3 Å². The number of amides is 2. The zero-order chi connectivity index (χ0) is 30.5. The van der Waals surface area contributed by atoms with Gasteiger partial charge in [-0.25, -0.2) is 0 Å². The van der Waals surface area contributed by atoms with E-state index in [0.29, 0.717) is 55.3 Å². The number of nitrogens with two attached hydrogens (primary N) is 3. The lowest BCUT2D eigenvalue weighted by Gasteiger charge is -2.37. The topological polar surface area (TPSA) is 163 Å². The summed E-state index contributed by atoms with van der Waals surface area (Å²) < 4.78 is 6.65. The van der Waals surface area contributed by atoms with Gasteiger partial charge in [-0.05, 0) is 79.3 Å². The number of hydrogen-bond acceptors (Lipinski definition) is 8. The van der Waals surface area contributed by atoms with Crippen LogP contribution in [0.25, 0.3) is 10.1 Å². The predicted octanol–water partition coefficient (Wildman–Crippen LogP) is 4.32. The van der Waals surface area contributed by atoms with E-state index in [1.54, 1.807) is 24.3 Å². The lowest BCUT2D eigenvalue weighted by atomic mass is 9.69. The van der Waals surface area contributed by atoms with Crippen molar-refractivity contribution in [1.29, 1.82) is 0 Å². The number of para-hydroxylation sites is 1. The Morgan fingerprint density at radius 1 is 1.02 bits per heavy atom. The molecule has 6 rings (SSSR count). The molecule has 220 valence electrons. The van der Waals surface area contributed by atoms with Gasteiger partial charge in [-0.1, -0.05) is 36.9 Å². The first kappa shape index (κ1) is 28.6. The van der Waals surface area contributed by atoms with E-state index in [1.165, 1.54) is 17.4 Å². The minimum Gasteiger partial charge on any atom is -0.457 e. The van der Waals surface area contributed by atoms with E-state index in [9.17, 15) is 14.4 Å². The van der Waals surface area contributed by atoms with Crippen LogP contribution >= 0.6 is 11.3 Å². The Labute approximate surface area is 253 Å². The second-order valence-electron chi connectivity index (χ2n) is 11.1. The van der Waals surface area contributed by atoms with E-state index in [4.69, 9.17) is 21.9 Å². The van der Waals surface area contributed by atoms with Crippen LogP contribution in [0.15, 0.2) is 73.3 Å². The standard InChI is InChI=1S/C33H33N5O4S/c1-3-25(39)37-23-10-7-11-24(23)38-32(41)30-27-26-21(14-15-22(34)29(26)43-30)33(36,31(40)28(27)35)20-13-12-19(16-17(20)2)42-18-8-5-4-6-9-18/h3-6,8-9,12-16,23-24,28H,1,7,10-11,34-36H2,2H3,(H,37,39)(H,38,41)/t23-,24+,28?,33?/m1/s1. The molecule has 1 saturated carbocycles. The molecule has 8 N–H and O–H groups in total. The molecule has 4 atom stereocenters. The van der Waals surface area contributed by atoms with Crippen LogP contribution in [0.1, 0.15) is 57.2 Å². The normalized spacial score (nSPS) is 22.8. The Morgan fingerprint density at radius 2 is 1.72 bits per heavy atom. The number of thiophene rings is 1. The minimum absolute atomic E-state index is 0.218. The van der Waals surface area contributed by atoms with Crippen LogP contribution in [0.2, 0.25) is 0 Å². The highest BCUT2D eigenvalue weighted by Gasteiger charge is 2.49. The van der Waals surface area contributed by atoms with Gasteiger partial charge in [-0.3, -0.25) is 14.4 Å². The van der Waals surface area contributed by atoms with Gasteiger partial charge in [0.1, 0.15) is 17.0 Å². The van der Waals surface area contributed by atoms with Crippen LogP contribution in [-0.4, -0.2) is 29.7 Å². The van der Waals surface area contributed by atoms with Crippen molar-refractivity contribution in [3.05, 3.63) is 100 Å². The molecule has 9 nitrogen and oxygen atoms in total. The van der Waals surface area contributed by atoms with Gasteiger partial charge in [0, 0.05) is 28.7 Å². The molecule has 0 spiro atoms. The van der Waals surface area contributed by atoms with Gasteiger partial charge >= 0.3 is 0 Å². The van der Waals surface area contributed by atoms with Gasteiger partial charge < -0.3 is 32.6 Å². The number of hydrogen-bond donors (Lipinski definition) is 5. The van der Waals surface area contributed by atoms with Gasteiger partial charge in [0.25, 0.3) is 5.91 Å². The molecular formula is C33H33N5O4S. The van der Waals surface area contributed by atoms with Gasteiger partial charge in [-0.2, -0.15) is 0 Å². The number of nitrogens with one attached hydrogen (secondary N) is 2. The van der Waals surface area contributed by atoms with E-state index >= 15 is 0 Å². The first-order valence-electron chi connectivity index (χ1n) is 14.2. The molecule has 0 bridgehead atoms. The molecule has 3 aromatic carbocycles. The Bertz CT molecular complexity index is 1790.